The fraction of sp³-hybridized carbons (Fsp3) is 0.550. The van der Waals surface area contributed by atoms with Gasteiger partial charge in [-0.25, -0.2) is 0 Å². The van der Waals surface area contributed by atoms with Crippen molar-refractivity contribution in [3.05, 3.63) is 35.1 Å². The molecule has 2 aromatic rings. The van der Waals surface area contributed by atoms with Gasteiger partial charge in [0.2, 0.25) is 5.91 Å². The van der Waals surface area contributed by atoms with E-state index in [0.29, 0.717) is 29.1 Å². The number of para-hydroxylation sites is 1. The summed E-state index contributed by atoms with van der Waals surface area (Å²) in [6, 6.07) is 7.69. The minimum absolute atomic E-state index is 0.0597. The first-order chi connectivity index (χ1) is 13.6. The van der Waals surface area contributed by atoms with Gasteiger partial charge in [0.15, 0.2) is 17.1 Å². The van der Waals surface area contributed by atoms with Crippen molar-refractivity contribution < 1.29 is 9.53 Å². The Bertz CT molecular complexity index is 792. The number of carbonyl (C=O) groups excluding carboxylic acids is 1. The monoisotopic (exact) mass is 422 g/mol. The number of thioether (sulfide) groups is 1. The molecule has 0 unspecified atom stereocenters. The summed E-state index contributed by atoms with van der Waals surface area (Å²) in [5.41, 5.74) is 0. The Labute approximate surface area is 175 Å². The highest BCUT2D eigenvalue weighted by atomic mass is 35.5. The van der Waals surface area contributed by atoms with Crippen molar-refractivity contribution in [2.45, 2.75) is 69.8 Å². The molecule has 1 aliphatic carbocycles. The third kappa shape index (κ3) is 5.41. The maximum Gasteiger partial charge on any atom is 0.230 e. The molecule has 1 N–H and O–H groups in total. The standard InChI is InChI=1S/C20H27ClN4O2S/c1-3-25-19(14(2)27-17-12-8-7-11-16(17)21)23-24-20(25)28-13-18(26)22-15-9-5-4-6-10-15/h7-8,11-12,14-15H,3-6,9-10,13H2,1-2H3,(H,22,26)/t14-/m1/s1. The molecule has 8 heteroatoms. The molecule has 28 heavy (non-hydrogen) atoms. The third-order valence-electron chi connectivity index (χ3n) is 4.87. The highest BCUT2D eigenvalue weighted by Gasteiger charge is 2.21. The molecule has 0 spiro atoms. The number of nitrogens with zero attached hydrogens (tertiary/aromatic N) is 3. The van der Waals surface area contributed by atoms with Crippen LogP contribution in [0.2, 0.25) is 5.02 Å². The predicted molar refractivity (Wildman–Crippen MR) is 112 cm³/mol. The molecule has 1 aromatic heterocycles. The molecule has 1 atom stereocenters. The average Bonchev–Trinajstić information content (AvgIpc) is 3.12. The SMILES string of the molecule is CCn1c(SCC(=O)NC2CCCCC2)nnc1[C@@H](C)Oc1ccccc1Cl. The topological polar surface area (TPSA) is 69.0 Å². The third-order valence-corrected chi connectivity index (χ3v) is 6.15. The predicted octanol–water partition coefficient (Wildman–Crippen LogP) is 4.63. The number of halogens is 1. The summed E-state index contributed by atoms with van der Waals surface area (Å²) in [5.74, 6) is 1.74. The fourth-order valence-electron chi connectivity index (χ4n) is 3.43. The van der Waals surface area contributed by atoms with Crippen molar-refractivity contribution in [3.8, 4) is 5.75 Å². The number of rotatable bonds is 8. The van der Waals surface area contributed by atoms with Gasteiger partial charge in [0.1, 0.15) is 5.75 Å². The Balaban J connectivity index is 1.59. The second kappa shape index (κ2) is 10.2. The van der Waals surface area contributed by atoms with E-state index in [0.717, 1.165) is 23.8 Å². The van der Waals surface area contributed by atoms with Crippen molar-refractivity contribution >= 4 is 29.3 Å². The van der Waals surface area contributed by atoms with E-state index in [9.17, 15) is 4.79 Å². The van der Waals surface area contributed by atoms with Crippen LogP contribution < -0.4 is 10.1 Å². The smallest absolute Gasteiger partial charge is 0.230 e. The van der Waals surface area contributed by atoms with Crippen LogP contribution >= 0.6 is 23.4 Å². The summed E-state index contributed by atoms with van der Waals surface area (Å²) in [5, 5.41) is 13.0. The molecule has 0 saturated heterocycles. The van der Waals surface area contributed by atoms with Gasteiger partial charge < -0.3 is 14.6 Å². The highest BCUT2D eigenvalue weighted by Crippen LogP contribution is 2.29. The summed E-state index contributed by atoms with van der Waals surface area (Å²) in [6.07, 6.45) is 5.55. The van der Waals surface area contributed by atoms with Gasteiger partial charge in [-0.05, 0) is 38.8 Å². The molecule has 152 valence electrons. The molecule has 1 aromatic carbocycles. The molecule has 1 heterocycles. The second-order valence-corrected chi connectivity index (χ2v) is 8.32. The number of amides is 1. The average molecular weight is 423 g/mol. The Hall–Kier alpha value is -1.73. The van der Waals surface area contributed by atoms with Crippen LogP contribution in [-0.4, -0.2) is 32.5 Å². The molecule has 0 bridgehead atoms. The van der Waals surface area contributed by atoms with Crippen LogP contribution in [0.3, 0.4) is 0 Å². The summed E-state index contributed by atoms with van der Waals surface area (Å²) in [7, 11) is 0. The number of hydrogen-bond donors (Lipinski definition) is 1. The number of carbonyl (C=O) groups is 1. The van der Waals surface area contributed by atoms with E-state index in [4.69, 9.17) is 16.3 Å². The Kier molecular flexibility index (Phi) is 7.62. The Morgan fingerprint density at radius 1 is 1.32 bits per heavy atom. The zero-order valence-corrected chi connectivity index (χ0v) is 17.9. The molecular formula is C20H27ClN4O2S. The van der Waals surface area contributed by atoms with Gasteiger partial charge in [-0.15, -0.1) is 10.2 Å². The fourth-order valence-corrected chi connectivity index (χ4v) is 4.44. The minimum Gasteiger partial charge on any atom is -0.481 e. The summed E-state index contributed by atoms with van der Waals surface area (Å²) < 4.78 is 7.96. The van der Waals surface area contributed by atoms with E-state index in [2.05, 4.69) is 15.5 Å². The van der Waals surface area contributed by atoms with Crippen molar-refractivity contribution in [1.29, 1.82) is 0 Å². The lowest BCUT2D eigenvalue weighted by molar-refractivity contribution is -0.119. The molecule has 0 aliphatic heterocycles. The quantitative estimate of drug-likeness (QED) is 0.628. The maximum absolute atomic E-state index is 12.3. The Morgan fingerprint density at radius 3 is 2.79 bits per heavy atom. The number of aromatic nitrogens is 3. The van der Waals surface area contributed by atoms with Gasteiger partial charge in [-0.2, -0.15) is 0 Å². The first-order valence-corrected chi connectivity index (χ1v) is 11.2. The molecule has 1 saturated carbocycles. The normalized spacial score (nSPS) is 16.0. The van der Waals surface area contributed by atoms with Gasteiger partial charge in [-0.3, -0.25) is 4.79 Å². The van der Waals surface area contributed by atoms with Gasteiger partial charge in [0.25, 0.3) is 0 Å². The van der Waals surface area contributed by atoms with Crippen LogP contribution in [0, 0.1) is 0 Å². The van der Waals surface area contributed by atoms with Crippen molar-refractivity contribution in [2.24, 2.45) is 0 Å². The number of ether oxygens (including phenoxy) is 1. The molecule has 6 nitrogen and oxygen atoms in total. The van der Waals surface area contributed by atoms with Crippen LogP contribution in [0.25, 0.3) is 0 Å². The molecule has 1 aliphatic rings. The second-order valence-electron chi connectivity index (χ2n) is 6.97. The van der Waals surface area contributed by atoms with Crippen molar-refractivity contribution in [3.63, 3.8) is 0 Å². The lowest BCUT2D eigenvalue weighted by Gasteiger charge is -2.22. The van der Waals surface area contributed by atoms with Gasteiger partial charge in [0, 0.05) is 12.6 Å². The number of benzene rings is 1. The number of hydrogen-bond acceptors (Lipinski definition) is 5. The lowest BCUT2D eigenvalue weighted by atomic mass is 9.95. The molecule has 0 radical (unpaired) electrons. The number of nitrogens with one attached hydrogen (secondary N) is 1. The van der Waals surface area contributed by atoms with Crippen LogP contribution in [0.1, 0.15) is 57.9 Å². The van der Waals surface area contributed by atoms with E-state index in [1.807, 2.05) is 36.6 Å². The maximum atomic E-state index is 12.3. The first kappa shape index (κ1) is 21.0. The van der Waals surface area contributed by atoms with Gasteiger partial charge in [-0.1, -0.05) is 54.8 Å². The minimum atomic E-state index is -0.308. The first-order valence-electron chi connectivity index (χ1n) is 9.85. The summed E-state index contributed by atoms with van der Waals surface area (Å²) >= 11 is 7.59. The molecule has 1 fully saturated rings. The van der Waals surface area contributed by atoms with E-state index in [-0.39, 0.29) is 12.0 Å². The summed E-state index contributed by atoms with van der Waals surface area (Å²) in [4.78, 5) is 12.3. The van der Waals surface area contributed by atoms with E-state index in [1.54, 1.807) is 6.07 Å². The molecular weight excluding hydrogens is 396 g/mol. The van der Waals surface area contributed by atoms with Crippen LogP contribution in [-0.2, 0) is 11.3 Å². The Morgan fingerprint density at radius 2 is 2.07 bits per heavy atom. The molecule has 1 amide bonds. The largest absolute Gasteiger partial charge is 0.481 e. The summed E-state index contributed by atoms with van der Waals surface area (Å²) in [6.45, 7) is 4.65. The van der Waals surface area contributed by atoms with Crippen molar-refractivity contribution in [2.75, 3.05) is 5.75 Å². The van der Waals surface area contributed by atoms with E-state index < -0.39 is 0 Å². The van der Waals surface area contributed by atoms with Crippen LogP contribution in [0.5, 0.6) is 5.75 Å². The van der Waals surface area contributed by atoms with Gasteiger partial charge >= 0.3 is 0 Å². The van der Waals surface area contributed by atoms with Crippen LogP contribution in [0.4, 0.5) is 0 Å². The van der Waals surface area contributed by atoms with Gasteiger partial charge in [0.05, 0.1) is 10.8 Å². The zero-order chi connectivity index (χ0) is 19.9. The zero-order valence-electron chi connectivity index (χ0n) is 16.4. The lowest BCUT2D eigenvalue weighted by Crippen LogP contribution is -2.37. The van der Waals surface area contributed by atoms with Crippen LogP contribution in [0.15, 0.2) is 29.4 Å². The molecule has 3 rings (SSSR count). The van der Waals surface area contributed by atoms with E-state index >= 15 is 0 Å². The van der Waals surface area contributed by atoms with Crippen molar-refractivity contribution in [1.82, 2.24) is 20.1 Å². The highest BCUT2D eigenvalue weighted by molar-refractivity contribution is 7.99. The van der Waals surface area contributed by atoms with E-state index in [1.165, 1.54) is 31.0 Å².